The van der Waals surface area contributed by atoms with Crippen molar-refractivity contribution in [3.63, 3.8) is 0 Å². The van der Waals surface area contributed by atoms with E-state index in [1.54, 1.807) is 12.1 Å². The van der Waals surface area contributed by atoms with E-state index in [4.69, 9.17) is 16.3 Å². The predicted molar refractivity (Wildman–Crippen MR) is 150 cm³/mol. The number of hydrogen-bond donors (Lipinski definition) is 2. The minimum Gasteiger partial charge on any atom is -0.507 e. The van der Waals surface area contributed by atoms with Gasteiger partial charge in [0.15, 0.2) is 0 Å². The number of fused-ring (bicyclic) bond motifs is 1. The Hall–Kier alpha value is -3.77. The van der Waals surface area contributed by atoms with Gasteiger partial charge in [-0.15, -0.1) is 0 Å². The molecule has 196 valence electrons. The van der Waals surface area contributed by atoms with E-state index in [2.05, 4.69) is 17.1 Å². The molecule has 38 heavy (non-hydrogen) atoms. The number of nitrogens with zero attached hydrogens (tertiary/aromatic N) is 2. The normalized spacial score (nSPS) is 14.7. The number of hydrogen-bond acceptors (Lipinski definition) is 4. The van der Waals surface area contributed by atoms with Crippen molar-refractivity contribution in [1.29, 1.82) is 0 Å². The minimum atomic E-state index is -0.425. The molecule has 1 aromatic heterocycles. The first-order chi connectivity index (χ1) is 18.4. The number of H-pyrrole nitrogens is 1. The summed E-state index contributed by atoms with van der Waals surface area (Å²) in [5, 5.41) is 18.8. The third-order valence-electron chi connectivity index (χ3n) is 7.06. The zero-order chi connectivity index (χ0) is 26.8. The van der Waals surface area contributed by atoms with Gasteiger partial charge in [0, 0.05) is 22.7 Å². The second-order valence-corrected chi connectivity index (χ2v) is 10.3. The molecule has 0 radical (unpaired) electrons. The summed E-state index contributed by atoms with van der Waals surface area (Å²) >= 11 is 6.43. The van der Waals surface area contributed by atoms with Crippen LogP contribution in [0, 0.1) is 13.8 Å². The molecule has 3 aromatic carbocycles. The summed E-state index contributed by atoms with van der Waals surface area (Å²) in [5.74, 6) is 0.690. The van der Waals surface area contributed by atoms with Gasteiger partial charge < -0.3 is 14.7 Å². The van der Waals surface area contributed by atoms with Gasteiger partial charge in [0.25, 0.3) is 5.91 Å². The van der Waals surface area contributed by atoms with Crippen LogP contribution in [0.25, 0.3) is 11.3 Å². The Morgan fingerprint density at radius 2 is 1.87 bits per heavy atom. The number of phenols is 1. The van der Waals surface area contributed by atoms with E-state index in [0.717, 1.165) is 52.8 Å². The van der Waals surface area contributed by atoms with Crippen LogP contribution in [0.1, 0.15) is 70.5 Å². The molecule has 1 aliphatic heterocycles. The molecule has 2 N–H and O–H groups in total. The number of nitrogens with one attached hydrogen (secondary N) is 1. The number of rotatable bonds is 9. The zero-order valence-corrected chi connectivity index (χ0v) is 22.7. The summed E-state index contributed by atoms with van der Waals surface area (Å²) in [7, 11) is 0. The van der Waals surface area contributed by atoms with E-state index >= 15 is 0 Å². The van der Waals surface area contributed by atoms with E-state index < -0.39 is 6.04 Å². The van der Waals surface area contributed by atoms with E-state index in [1.165, 1.54) is 0 Å². The van der Waals surface area contributed by atoms with Crippen molar-refractivity contribution in [2.45, 2.75) is 52.6 Å². The predicted octanol–water partition coefficient (Wildman–Crippen LogP) is 7.37. The summed E-state index contributed by atoms with van der Waals surface area (Å²) in [4.78, 5) is 15.6. The summed E-state index contributed by atoms with van der Waals surface area (Å²) in [6.07, 6.45) is 3.24. The number of ether oxygens (including phenoxy) is 1. The van der Waals surface area contributed by atoms with Gasteiger partial charge in [0.2, 0.25) is 0 Å². The second kappa shape index (κ2) is 10.9. The number of phenolic OH excluding ortho intramolecular Hbond substituents is 1. The van der Waals surface area contributed by atoms with Gasteiger partial charge in [-0.2, -0.15) is 5.10 Å². The largest absolute Gasteiger partial charge is 0.507 e. The molecule has 4 aromatic rings. The quantitative estimate of drug-likeness (QED) is 0.222. The van der Waals surface area contributed by atoms with Crippen LogP contribution >= 0.6 is 11.6 Å². The highest BCUT2D eigenvalue weighted by Crippen LogP contribution is 2.46. The molecular formula is C31H32ClN3O3. The molecule has 5 rings (SSSR count). The second-order valence-electron chi connectivity index (χ2n) is 9.93. The molecule has 2 heterocycles. The Morgan fingerprint density at radius 1 is 1.08 bits per heavy atom. The van der Waals surface area contributed by atoms with E-state index in [1.807, 2.05) is 67.3 Å². The number of carbonyl (C=O) groups is 1. The molecule has 7 heteroatoms. The Balaban J connectivity index is 1.59. The van der Waals surface area contributed by atoms with Crippen molar-refractivity contribution in [1.82, 2.24) is 15.1 Å². The maximum absolute atomic E-state index is 13.8. The molecule has 0 bridgehead atoms. The number of halogens is 1. The lowest BCUT2D eigenvalue weighted by Crippen LogP contribution is -2.29. The monoisotopic (exact) mass is 529 g/mol. The molecule has 1 atom stereocenters. The van der Waals surface area contributed by atoms with Crippen LogP contribution < -0.4 is 4.74 Å². The first-order valence-corrected chi connectivity index (χ1v) is 13.4. The fourth-order valence-corrected chi connectivity index (χ4v) is 5.14. The Labute approximate surface area is 228 Å². The van der Waals surface area contributed by atoms with Crippen LogP contribution in [0.15, 0.2) is 60.7 Å². The number of aromatic nitrogens is 2. The van der Waals surface area contributed by atoms with Crippen LogP contribution in [0.4, 0.5) is 0 Å². The maximum atomic E-state index is 13.8. The number of aryl methyl sites for hydroxylation is 2. The van der Waals surface area contributed by atoms with E-state index in [9.17, 15) is 9.90 Å². The van der Waals surface area contributed by atoms with Crippen LogP contribution in [-0.2, 0) is 6.54 Å². The van der Waals surface area contributed by atoms with Crippen molar-refractivity contribution >= 4 is 17.5 Å². The smallest absolute Gasteiger partial charge is 0.273 e. The van der Waals surface area contributed by atoms with Crippen molar-refractivity contribution in [3.8, 4) is 22.8 Å². The lowest BCUT2D eigenvalue weighted by Gasteiger charge is -2.27. The number of aromatic hydroxyl groups is 1. The Morgan fingerprint density at radius 3 is 2.63 bits per heavy atom. The molecule has 1 amide bonds. The maximum Gasteiger partial charge on any atom is 0.273 e. The number of benzene rings is 3. The Bertz CT molecular complexity index is 1460. The lowest BCUT2D eigenvalue weighted by molar-refractivity contribution is 0.0730. The number of carbonyl (C=O) groups excluding carboxylic acids is 1. The Kier molecular flexibility index (Phi) is 7.43. The standard InChI is InChI=1S/C31H32ClN3O3/c1-4-5-6-14-38-23-9-7-8-22(16-23)30-27-28(24-17-25(32)20(3)15-26(24)36)33-34-29(27)31(37)35(30)18-21-12-10-19(2)11-13-21/h7-13,15-17,30,36H,4-6,14,18H2,1-3H3,(H,33,34). The number of amides is 1. The molecule has 0 spiro atoms. The van der Waals surface area contributed by atoms with Gasteiger partial charge in [0.1, 0.15) is 22.9 Å². The highest BCUT2D eigenvalue weighted by atomic mass is 35.5. The average molecular weight is 530 g/mol. The summed E-state index contributed by atoms with van der Waals surface area (Å²) in [6.45, 7) is 7.11. The molecule has 0 saturated carbocycles. The molecule has 0 saturated heterocycles. The molecule has 0 fully saturated rings. The number of aromatic amines is 1. The van der Waals surface area contributed by atoms with Crippen molar-refractivity contribution in [2.24, 2.45) is 0 Å². The van der Waals surface area contributed by atoms with Crippen LogP contribution in [0.3, 0.4) is 0 Å². The van der Waals surface area contributed by atoms with Gasteiger partial charge in [0.05, 0.1) is 12.6 Å². The molecule has 6 nitrogen and oxygen atoms in total. The van der Waals surface area contributed by atoms with Gasteiger partial charge >= 0.3 is 0 Å². The summed E-state index contributed by atoms with van der Waals surface area (Å²) < 4.78 is 6.05. The SMILES string of the molecule is CCCCCOc1cccc(C2c3c(-c4cc(Cl)c(C)cc4O)n[nH]c3C(=O)N2Cc2ccc(C)cc2)c1. The highest BCUT2D eigenvalue weighted by Gasteiger charge is 2.42. The van der Waals surface area contributed by atoms with Crippen LogP contribution in [0.5, 0.6) is 11.5 Å². The topological polar surface area (TPSA) is 78.5 Å². The third-order valence-corrected chi connectivity index (χ3v) is 7.47. The van der Waals surface area contributed by atoms with E-state index in [-0.39, 0.29) is 11.7 Å². The molecule has 1 unspecified atom stereocenters. The van der Waals surface area contributed by atoms with Gasteiger partial charge in [-0.05, 0) is 61.2 Å². The molecule has 1 aliphatic rings. The highest BCUT2D eigenvalue weighted by molar-refractivity contribution is 6.31. The molecule has 0 aliphatic carbocycles. The van der Waals surface area contributed by atoms with E-state index in [0.29, 0.717) is 35.1 Å². The van der Waals surface area contributed by atoms with Crippen LogP contribution in [0.2, 0.25) is 5.02 Å². The van der Waals surface area contributed by atoms with Crippen molar-refractivity contribution in [3.05, 3.63) is 99.2 Å². The lowest BCUT2D eigenvalue weighted by atomic mass is 9.95. The first-order valence-electron chi connectivity index (χ1n) is 13.0. The summed E-state index contributed by atoms with van der Waals surface area (Å²) in [6, 6.07) is 19.0. The third kappa shape index (κ3) is 5.01. The van der Waals surface area contributed by atoms with Gasteiger partial charge in [-0.25, -0.2) is 0 Å². The zero-order valence-electron chi connectivity index (χ0n) is 21.9. The van der Waals surface area contributed by atoms with Crippen LogP contribution in [-0.4, -0.2) is 32.7 Å². The van der Waals surface area contributed by atoms with Gasteiger partial charge in [-0.3, -0.25) is 9.89 Å². The number of unbranched alkanes of at least 4 members (excludes halogenated alkanes) is 2. The average Bonchev–Trinajstić information content (AvgIpc) is 3.44. The summed E-state index contributed by atoms with van der Waals surface area (Å²) in [5.41, 5.74) is 6.01. The fraction of sp³-hybridized carbons (Fsp3) is 0.290. The fourth-order valence-electron chi connectivity index (χ4n) is 4.97. The van der Waals surface area contributed by atoms with Crippen molar-refractivity contribution in [2.75, 3.05) is 6.61 Å². The van der Waals surface area contributed by atoms with Crippen molar-refractivity contribution < 1.29 is 14.6 Å². The first kappa shape index (κ1) is 25.9. The van der Waals surface area contributed by atoms with Gasteiger partial charge in [-0.1, -0.05) is 73.3 Å². The minimum absolute atomic E-state index is 0.0670. The molecular weight excluding hydrogens is 498 g/mol.